The molecule has 2 aromatic heterocycles. The molecule has 0 bridgehead atoms. The van der Waals surface area contributed by atoms with Gasteiger partial charge in [0.15, 0.2) is 5.84 Å². The Kier molecular flexibility index (Phi) is 6.63. The second-order valence-corrected chi connectivity index (χ2v) is 12.3. The van der Waals surface area contributed by atoms with Crippen LogP contribution in [-0.2, 0) is 21.3 Å². The first-order valence-electron chi connectivity index (χ1n) is 12.6. The fraction of sp³-hybridized carbons (Fsp3) is 0.346. The quantitative estimate of drug-likeness (QED) is 0.311. The zero-order chi connectivity index (χ0) is 27.1. The number of hydrogen-bond donors (Lipinski definition) is 2. The Labute approximate surface area is 227 Å². The molecule has 0 radical (unpaired) electrons. The summed E-state index contributed by atoms with van der Waals surface area (Å²) < 4.78 is 51.6. The summed E-state index contributed by atoms with van der Waals surface area (Å²) in [6, 6.07) is 9.75. The van der Waals surface area contributed by atoms with Crippen molar-refractivity contribution in [1.29, 1.82) is 0 Å². The number of aromatic amines is 1. The standard InChI is InChI=1S/C26H26FN5O5S2/c1-39(34,35)32(11-2-3-22-29-26(33)38-31-22)20-14-21-19(13-18(20)15-4-5-15)23(25-28-10-12-36-30-25)24(37-21)16-6-8-17(27)9-7-16/h6-9,13-15H,2-5,10-12H2,1H3,(H,28,30)(H,29,31,33). The number of oxime groups is 1. The maximum Gasteiger partial charge on any atom is 0.323 e. The van der Waals surface area contributed by atoms with Gasteiger partial charge < -0.3 is 14.6 Å². The predicted molar refractivity (Wildman–Crippen MR) is 147 cm³/mol. The summed E-state index contributed by atoms with van der Waals surface area (Å²) in [5.41, 5.74) is 3.31. The van der Waals surface area contributed by atoms with Crippen LogP contribution in [0.25, 0.3) is 22.3 Å². The number of H-pyrrole nitrogens is 1. The molecule has 0 unspecified atom stereocenters. The SMILES string of the molecule is CS(=O)(=O)N(CCCc1nsc(=O)[nH]1)c1cc2oc(-c3ccc(F)cc3)c(C3=NOCCN3)c2cc1C1CC1. The van der Waals surface area contributed by atoms with Crippen LogP contribution in [0.3, 0.4) is 0 Å². The van der Waals surface area contributed by atoms with Gasteiger partial charge in [-0.2, -0.15) is 4.37 Å². The van der Waals surface area contributed by atoms with Crippen LogP contribution in [0.2, 0.25) is 0 Å². The van der Waals surface area contributed by atoms with Gasteiger partial charge in [-0.05, 0) is 61.1 Å². The number of anilines is 1. The number of nitrogens with one attached hydrogen (secondary N) is 2. The number of halogens is 1. The smallest absolute Gasteiger partial charge is 0.323 e. The Morgan fingerprint density at radius 1 is 1.21 bits per heavy atom. The number of aromatic nitrogens is 2. The van der Waals surface area contributed by atoms with E-state index in [1.807, 2.05) is 6.07 Å². The highest BCUT2D eigenvalue weighted by molar-refractivity contribution is 7.92. The van der Waals surface area contributed by atoms with Crippen LogP contribution in [0.4, 0.5) is 10.1 Å². The molecule has 39 heavy (non-hydrogen) atoms. The van der Waals surface area contributed by atoms with Crippen LogP contribution < -0.4 is 14.5 Å². The summed E-state index contributed by atoms with van der Waals surface area (Å²) >= 11 is 0.846. The van der Waals surface area contributed by atoms with E-state index in [4.69, 9.17) is 9.25 Å². The van der Waals surface area contributed by atoms with Crippen molar-refractivity contribution in [3.8, 4) is 11.3 Å². The summed E-state index contributed by atoms with van der Waals surface area (Å²) in [6.45, 7) is 1.21. The maximum atomic E-state index is 13.7. The lowest BCUT2D eigenvalue weighted by atomic mass is 10.00. The fourth-order valence-corrected chi connectivity index (χ4v) is 6.31. The highest BCUT2D eigenvalue weighted by Gasteiger charge is 2.33. The zero-order valence-electron chi connectivity index (χ0n) is 21.1. The van der Waals surface area contributed by atoms with Crippen molar-refractivity contribution in [2.24, 2.45) is 5.16 Å². The molecular weight excluding hydrogens is 545 g/mol. The topological polar surface area (TPSA) is 130 Å². The van der Waals surface area contributed by atoms with Gasteiger partial charge in [0, 0.05) is 41.5 Å². The summed E-state index contributed by atoms with van der Waals surface area (Å²) in [7, 11) is -3.64. The van der Waals surface area contributed by atoms with Crippen LogP contribution in [0, 0.1) is 5.82 Å². The number of fused-ring (bicyclic) bond motifs is 1. The van der Waals surface area contributed by atoms with E-state index < -0.39 is 10.0 Å². The molecule has 6 rings (SSSR count). The van der Waals surface area contributed by atoms with E-state index in [1.54, 1.807) is 18.2 Å². The lowest BCUT2D eigenvalue weighted by molar-refractivity contribution is 0.136. The van der Waals surface area contributed by atoms with Gasteiger partial charge in [0.25, 0.3) is 0 Å². The van der Waals surface area contributed by atoms with Gasteiger partial charge in [-0.3, -0.25) is 14.1 Å². The Bertz CT molecular complexity index is 1720. The minimum Gasteiger partial charge on any atom is -0.455 e. The average Bonchev–Trinajstić information content (AvgIpc) is 3.57. The third-order valence-corrected chi connectivity index (χ3v) is 8.53. The summed E-state index contributed by atoms with van der Waals surface area (Å²) in [6.07, 6.45) is 4.01. The summed E-state index contributed by atoms with van der Waals surface area (Å²) in [4.78, 5) is 19.2. The first kappa shape index (κ1) is 25.6. The van der Waals surface area contributed by atoms with Crippen molar-refractivity contribution in [1.82, 2.24) is 14.7 Å². The average molecular weight is 572 g/mol. The molecule has 0 saturated heterocycles. The molecule has 10 nitrogen and oxygen atoms in total. The Hall–Kier alpha value is -3.71. The lowest BCUT2D eigenvalue weighted by Gasteiger charge is -2.25. The molecule has 1 aliphatic carbocycles. The van der Waals surface area contributed by atoms with Gasteiger partial charge in [0.1, 0.15) is 29.6 Å². The van der Waals surface area contributed by atoms with Crippen molar-refractivity contribution in [2.45, 2.75) is 31.6 Å². The van der Waals surface area contributed by atoms with Gasteiger partial charge >= 0.3 is 4.87 Å². The van der Waals surface area contributed by atoms with Gasteiger partial charge in [-0.25, -0.2) is 12.8 Å². The van der Waals surface area contributed by atoms with Crippen molar-refractivity contribution in [2.75, 3.05) is 30.3 Å². The predicted octanol–water partition coefficient (Wildman–Crippen LogP) is 3.94. The second-order valence-electron chi connectivity index (χ2n) is 9.67. The molecule has 1 saturated carbocycles. The minimum atomic E-state index is -3.64. The number of benzene rings is 2. The lowest BCUT2D eigenvalue weighted by Crippen LogP contribution is -2.32. The Morgan fingerprint density at radius 2 is 2.00 bits per heavy atom. The number of furan rings is 1. The number of aryl methyl sites for hydroxylation is 1. The van der Waals surface area contributed by atoms with Crippen LogP contribution in [-0.4, -0.2) is 49.6 Å². The largest absolute Gasteiger partial charge is 0.455 e. The van der Waals surface area contributed by atoms with Crippen molar-refractivity contribution < 1.29 is 22.1 Å². The number of hydrogen-bond acceptors (Lipinski definition) is 9. The first-order chi connectivity index (χ1) is 18.8. The van der Waals surface area contributed by atoms with Crippen LogP contribution >= 0.6 is 11.5 Å². The van der Waals surface area contributed by atoms with E-state index in [0.29, 0.717) is 65.8 Å². The second kappa shape index (κ2) is 10.1. The zero-order valence-corrected chi connectivity index (χ0v) is 22.7. The fourth-order valence-electron chi connectivity index (χ4n) is 4.84. The summed E-state index contributed by atoms with van der Waals surface area (Å²) in [5.74, 6) is 1.39. The normalized spacial score (nSPS) is 15.6. The third-order valence-electron chi connectivity index (χ3n) is 6.77. The third kappa shape index (κ3) is 5.28. The van der Waals surface area contributed by atoms with E-state index in [1.165, 1.54) is 22.7 Å². The molecule has 13 heteroatoms. The van der Waals surface area contributed by atoms with Gasteiger partial charge in [0.2, 0.25) is 10.0 Å². The molecule has 2 N–H and O–H groups in total. The Balaban J connectivity index is 1.47. The van der Waals surface area contributed by atoms with E-state index in [-0.39, 0.29) is 23.2 Å². The highest BCUT2D eigenvalue weighted by Crippen LogP contribution is 2.48. The number of sulfonamides is 1. The van der Waals surface area contributed by atoms with E-state index >= 15 is 0 Å². The number of rotatable bonds is 9. The van der Waals surface area contributed by atoms with Gasteiger partial charge in [0.05, 0.1) is 24.1 Å². The molecule has 4 aromatic rings. The molecule has 1 fully saturated rings. The summed E-state index contributed by atoms with van der Waals surface area (Å²) in [5, 5.41) is 8.25. The van der Waals surface area contributed by atoms with Crippen molar-refractivity contribution >= 4 is 44.0 Å². The van der Waals surface area contributed by atoms with Crippen molar-refractivity contribution in [3.05, 3.63) is 68.8 Å². The van der Waals surface area contributed by atoms with E-state index in [0.717, 1.165) is 35.3 Å². The van der Waals surface area contributed by atoms with Crippen LogP contribution in [0.5, 0.6) is 0 Å². The van der Waals surface area contributed by atoms with Crippen LogP contribution in [0.15, 0.2) is 50.8 Å². The molecule has 2 aliphatic rings. The minimum absolute atomic E-state index is 0.212. The van der Waals surface area contributed by atoms with Gasteiger partial charge in [-0.15, -0.1) is 0 Å². The molecule has 0 atom stereocenters. The first-order valence-corrected chi connectivity index (χ1v) is 15.2. The van der Waals surface area contributed by atoms with Crippen molar-refractivity contribution in [3.63, 3.8) is 0 Å². The Morgan fingerprint density at radius 3 is 2.64 bits per heavy atom. The number of amidine groups is 1. The van der Waals surface area contributed by atoms with Gasteiger partial charge in [-0.1, -0.05) is 5.16 Å². The van der Waals surface area contributed by atoms with Crippen LogP contribution in [0.1, 0.15) is 42.1 Å². The molecule has 3 heterocycles. The monoisotopic (exact) mass is 571 g/mol. The molecular formula is C26H26FN5O5S2. The maximum absolute atomic E-state index is 13.7. The molecule has 0 amide bonds. The van der Waals surface area contributed by atoms with E-state index in [2.05, 4.69) is 19.8 Å². The number of nitrogens with zero attached hydrogens (tertiary/aromatic N) is 3. The molecule has 1 aliphatic heterocycles. The van der Waals surface area contributed by atoms with E-state index in [9.17, 15) is 17.6 Å². The highest BCUT2D eigenvalue weighted by atomic mass is 32.2. The molecule has 2 aromatic carbocycles. The molecule has 204 valence electrons. The molecule has 0 spiro atoms.